The van der Waals surface area contributed by atoms with E-state index >= 15 is 0 Å². The van der Waals surface area contributed by atoms with Crippen molar-refractivity contribution in [3.8, 4) is 0 Å². The molecule has 0 aromatic heterocycles. The minimum atomic E-state index is -0.621. The number of piperidine rings is 2. The maximum Gasteiger partial charge on any atom is 0.264 e. The Morgan fingerprint density at radius 3 is 2.64 bits per heavy atom. The van der Waals surface area contributed by atoms with Gasteiger partial charge in [-0.1, -0.05) is 6.92 Å². The van der Waals surface area contributed by atoms with Crippen molar-refractivity contribution in [2.75, 3.05) is 36.4 Å². The van der Waals surface area contributed by atoms with Crippen LogP contribution in [0.15, 0.2) is 35.6 Å². The van der Waals surface area contributed by atoms with Crippen molar-refractivity contribution in [3.05, 3.63) is 35.6 Å². The van der Waals surface area contributed by atoms with Gasteiger partial charge in [-0.3, -0.25) is 9.59 Å². The Labute approximate surface area is 165 Å². The van der Waals surface area contributed by atoms with Gasteiger partial charge in [0.2, 0.25) is 0 Å². The van der Waals surface area contributed by atoms with Gasteiger partial charge in [-0.15, -0.1) is 0 Å². The molecule has 4 rings (SSSR count). The molecule has 7 heteroatoms. The maximum atomic E-state index is 12.8. The second kappa shape index (κ2) is 7.47. The highest BCUT2D eigenvalue weighted by atomic mass is 16.3. The Kier molecular flexibility index (Phi) is 5.02. The molecular formula is C21H28N4O3. The van der Waals surface area contributed by atoms with Crippen molar-refractivity contribution in [2.45, 2.75) is 38.6 Å². The Balaban J connectivity index is 1.51. The number of aliphatic hydroxyl groups excluding tert-OH is 1. The first-order valence-electron chi connectivity index (χ1n) is 10.1. The molecule has 7 nitrogen and oxygen atoms in total. The van der Waals surface area contributed by atoms with E-state index in [1.54, 1.807) is 0 Å². The van der Waals surface area contributed by atoms with Crippen molar-refractivity contribution in [3.63, 3.8) is 0 Å². The summed E-state index contributed by atoms with van der Waals surface area (Å²) in [7, 11) is 0. The number of carbonyl (C=O) groups excluding carboxylic acids is 2. The van der Waals surface area contributed by atoms with E-state index in [9.17, 15) is 14.7 Å². The molecule has 3 aliphatic heterocycles. The third-order valence-electron chi connectivity index (χ3n) is 6.32. The van der Waals surface area contributed by atoms with Gasteiger partial charge in [-0.2, -0.15) is 0 Å². The lowest BCUT2D eigenvalue weighted by Gasteiger charge is -2.44. The van der Waals surface area contributed by atoms with Gasteiger partial charge in [0.25, 0.3) is 11.8 Å². The Morgan fingerprint density at radius 1 is 1.21 bits per heavy atom. The fraction of sp³-hybridized carbons (Fsp3) is 0.524. The highest BCUT2D eigenvalue weighted by molar-refractivity contribution is 6.23. The number of amides is 2. The molecule has 1 aromatic carbocycles. The van der Waals surface area contributed by atoms with E-state index in [4.69, 9.17) is 0 Å². The molecule has 0 aliphatic carbocycles. The second-order valence-corrected chi connectivity index (χ2v) is 8.17. The number of fused-ring (bicyclic) bond motifs is 1. The van der Waals surface area contributed by atoms with Crippen molar-refractivity contribution in [1.82, 2.24) is 10.6 Å². The van der Waals surface area contributed by atoms with E-state index in [2.05, 4.69) is 20.9 Å². The average Bonchev–Trinajstić information content (AvgIpc) is 2.70. The zero-order chi connectivity index (χ0) is 19.7. The summed E-state index contributed by atoms with van der Waals surface area (Å²) in [4.78, 5) is 27.6. The monoisotopic (exact) mass is 384 g/mol. The lowest BCUT2D eigenvalue weighted by molar-refractivity contribution is -0.124. The second-order valence-electron chi connectivity index (χ2n) is 8.17. The average molecular weight is 384 g/mol. The number of carbonyl (C=O) groups is 2. The van der Waals surface area contributed by atoms with E-state index in [0.29, 0.717) is 18.7 Å². The smallest absolute Gasteiger partial charge is 0.264 e. The molecule has 3 aliphatic rings. The summed E-state index contributed by atoms with van der Waals surface area (Å²) < 4.78 is 0. The molecule has 2 saturated heterocycles. The predicted octanol–water partition coefficient (Wildman–Crippen LogP) is 1.93. The van der Waals surface area contributed by atoms with E-state index in [1.807, 2.05) is 31.2 Å². The number of rotatable bonds is 3. The molecule has 28 heavy (non-hydrogen) atoms. The van der Waals surface area contributed by atoms with Gasteiger partial charge in [0, 0.05) is 36.4 Å². The summed E-state index contributed by atoms with van der Waals surface area (Å²) in [5, 5.41) is 19.6. The molecule has 0 radical (unpaired) electrons. The van der Waals surface area contributed by atoms with Crippen LogP contribution in [0, 0.1) is 5.41 Å². The van der Waals surface area contributed by atoms with Crippen molar-refractivity contribution < 1.29 is 14.7 Å². The first-order chi connectivity index (χ1) is 13.5. The third kappa shape index (κ3) is 3.35. The zero-order valence-electron chi connectivity index (χ0n) is 16.3. The molecule has 1 aromatic rings. The molecule has 150 valence electrons. The topological polar surface area (TPSA) is 93.7 Å². The minimum Gasteiger partial charge on any atom is -0.511 e. The van der Waals surface area contributed by atoms with Crippen LogP contribution in [0.3, 0.4) is 0 Å². The number of nitrogens with one attached hydrogen (secondary N) is 3. The van der Waals surface area contributed by atoms with Crippen LogP contribution < -0.4 is 20.9 Å². The Bertz CT molecular complexity index is 798. The number of hydrogen-bond acceptors (Lipinski definition) is 5. The van der Waals surface area contributed by atoms with Crippen LogP contribution in [0.4, 0.5) is 11.4 Å². The maximum absolute atomic E-state index is 12.8. The van der Waals surface area contributed by atoms with Gasteiger partial charge in [-0.05, 0) is 56.5 Å². The molecule has 0 unspecified atom stereocenters. The SMILES string of the molecule is C[C@@]12CCNC[C@H]1NC(=O)C(C(=O)Nc1ccc(N3CCCCC3)cc1)=C2O. The molecule has 2 atom stereocenters. The summed E-state index contributed by atoms with van der Waals surface area (Å²) in [6.45, 7) is 5.33. The lowest BCUT2D eigenvalue weighted by atomic mass is 9.71. The molecule has 3 heterocycles. The largest absolute Gasteiger partial charge is 0.511 e. The van der Waals surface area contributed by atoms with E-state index in [1.165, 1.54) is 19.3 Å². The van der Waals surface area contributed by atoms with Crippen LogP contribution in [-0.4, -0.2) is 49.1 Å². The van der Waals surface area contributed by atoms with Crippen LogP contribution >= 0.6 is 0 Å². The van der Waals surface area contributed by atoms with Crippen LogP contribution in [0.5, 0.6) is 0 Å². The fourth-order valence-electron chi connectivity index (χ4n) is 4.42. The lowest BCUT2D eigenvalue weighted by Crippen LogP contribution is -2.61. The van der Waals surface area contributed by atoms with Crippen molar-refractivity contribution in [2.24, 2.45) is 5.41 Å². The Morgan fingerprint density at radius 2 is 1.93 bits per heavy atom. The summed E-state index contributed by atoms with van der Waals surface area (Å²) in [5.74, 6) is -1.20. The van der Waals surface area contributed by atoms with Gasteiger partial charge in [-0.25, -0.2) is 0 Å². The van der Waals surface area contributed by atoms with E-state index in [-0.39, 0.29) is 17.4 Å². The fourth-order valence-corrected chi connectivity index (χ4v) is 4.42. The molecule has 4 N–H and O–H groups in total. The van der Waals surface area contributed by atoms with Gasteiger partial charge >= 0.3 is 0 Å². The first-order valence-corrected chi connectivity index (χ1v) is 10.1. The van der Waals surface area contributed by atoms with Crippen molar-refractivity contribution in [1.29, 1.82) is 0 Å². The summed E-state index contributed by atoms with van der Waals surface area (Å²) in [6, 6.07) is 7.44. The van der Waals surface area contributed by atoms with Gasteiger partial charge < -0.3 is 26.0 Å². The summed E-state index contributed by atoms with van der Waals surface area (Å²) >= 11 is 0. The molecular weight excluding hydrogens is 356 g/mol. The van der Waals surface area contributed by atoms with Crippen LogP contribution in [0.25, 0.3) is 0 Å². The molecule has 0 bridgehead atoms. The molecule has 0 spiro atoms. The van der Waals surface area contributed by atoms with Crippen LogP contribution in [0.1, 0.15) is 32.6 Å². The molecule has 2 amide bonds. The number of aliphatic hydroxyl groups is 1. The first kappa shape index (κ1) is 18.8. The van der Waals surface area contributed by atoms with Crippen molar-refractivity contribution >= 4 is 23.2 Å². The minimum absolute atomic E-state index is 0.106. The number of hydrogen-bond donors (Lipinski definition) is 4. The normalized spacial score (nSPS) is 27.8. The highest BCUT2D eigenvalue weighted by Crippen LogP contribution is 2.39. The van der Waals surface area contributed by atoms with Gasteiger partial charge in [0.1, 0.15) is 11.3 Å². The quantitative estimate of drug-likeness (QED) is 0.598. The van der Waals surface area contributed by atoms with Crippen LogP contribution in [-0.2, 0) is 9.59 Å². The van der Waals surface area contributed by atoms with Gasteiger partial charge in [0.05, 0.1) is 6.04 Å². The highest BCUT2D eigenvalue weighted by Gasteiger charge is 2.48. The van der Waals surface area contributed by atoms with Crippen LogP contribution in [0.2, 0.25) is 0 Å². The van der Waals surface area contributed by atoms with E-state index in [0.717, 1.165) is 25.3 Å². The van der Waals surface area contributed by atoms with E-state index < -0.39 is 17.2 Å². The predicted molar refractivity (Wildman–Crippen MR) is 108 cm³/mol. The summed E-state index contributed by atoms with van der Waals surface area (Å²) in [6.07, 6.45) is 4.35. The zero-order valence-corrected chi connectivity index (χ0v) is 16.3. The molecule has 0 saturated carbocycles. The van der Waals surface area contributed by atoms with Gasteiger partial charge in [0.15, 0.2) is 0 Å². The Hall–Kier alpha value is -2.54. The number of benzene rings is 1. The molecule has 2 fully saturated rings. The third-order valence-corrected chi connectivity index (χ3v) is 6.32. The summed E-state index contributed by atoms with van der Waals surface area (Å²) in [5.41, 5.74) is 0.946. The standard InChI is InChI=1S/C21H28N4O3/c1-21-9-10-22-13-16(21)24-20(28)17(18(21)26)19(27)23-14-5-7-15(8-6-14)25-11-3-2-4-12-25/h5-8,16,22,26H,2-4,9-13H2,1H3,(H,23,27)(H,24,28)/t16-,21-/m1/s1. The number of anilines is 2. The number of nitrogens with zero attached hydrogens (tertiary/aromatic N) is 1.